The first kappa shape index (κ1) is 20.2. The maximum atomic E-state index is 12.6. The van der Waals surface area contributed by atoms with Crippen LogP contribution in [0.25, 0.3) is 0 Å². The number of alkyl halides is 1. The van der Waals surface area contributed by atoms with Gasteiger partial charge in [0.15, 0.2) is 0 Å². The normalized spacial score (nSPS) is 13.7. The van der Waals surface area contributed by atoms with Crippen LogP contribution in [0, 0.1) is 6.92 Å². The molecule has 0 aromatic heterocycles. The van der Waals surface area contributed by atoms with Gasteiger partial charge in [-0.15, -0.1) is 11.6 Å². The number of ether oxygens (including phenoxy) is 2. The van der Waals surface area contributed by atoms with Crippen molar-refractivity contribution in [2.45, 2.75) is 23.2 Å². The highest BCUT2D eigenvalue weighted by molar-refractivity contribution is 7.89. The molecule has 2 atom stereocenters. The van der Waals surface area contributed by atoms with Gasteiger partial charge in [-0.1, -0.05) is 29.8 Å². The molecule has 1 N–H and O–H groups in total. The van der Waals surface area contributed by atoms with Crippen molar-refractivity contribution in [2.75, 3.05) is 14.2 Å². The fraction of sp³-hybridized carbons (Fsp3) is 0.278. The van der Waals surface area contributed by atoms with Crippen LogP contribution in [-0.2, 0) is 19.6 Å². The summed E-state index contributed by atoms with van der Waals surface area (Å²) in [5.74, 6) is -0.163. The van der Waals surface area contributed by atoms with E-state index in [2.05, 4.69) is 4.72 Å². The topological polar surface area (TPSA) is 81.7 Å². The monoisotopic (exact) mass is 397 g/mol. The lowest BCUT2D eigenvalue weighted by Gasteiger charge is -2.22. The molecule has 0 fully saturated rings. The minimum atomic E-state index is -3.96. The summed E-state index contributed by atoms with van der Waals surface area (Å²) in [6.07, 6.45) is 0. The molecule has 0 radical (unpaired) electrons. The number of rotatable bonds is 7. The molecule has 140 valence electrons. The van der Waals surface area contributed by atoms with Gasteiger partial charge < -0.3 is 9.47 Å². The van der Waals surface area contributed by atoms with Crippen molar-refractivity contribution in [3.8, 4) is 5.75 Å². The number of esters is 1. The third-order valence-electron chi connectivity index (χ3n) is 3.80. The van der Waals surface area contributed by atoms with Crippen molar-refractivity contribution in [3.05, 3.63) is 59.7 Å². The van der Waals surface area contributed by atoms with Gasteiger partial charge in [0, 0.05) is 0 Å². The minimum absolute atomic E-state index is 0.0376. The summed E-state index contributed by atoms with van der Waals surface area (Å²) in [5.41, 5.74) is 1.47. The second kappa shape index (κ2) is 8.53. The first-order valence-electron chi connectivity index (χ1n) is 7.73. The Hall–Kier alpha value is -2.09. The molecular weight excluding hydrogens is 378 g/mol. The van der Waals surface area contributed by atoms with Gasteiger partial charge in [-0.05, 0) is 36.8 Å². The fourth-order valence-electron chi connectivity index (χ4n) is 2.29. The smallest absolute Gasteiger partial charge is 0.325 e. The maximum absolute atomic E-state index is 12.6. The lowest BCUT2D eigenvalue weighted by molar-refractivity contribution is -0.142. The van der Waals surface area contributed by atoms with Crippen molar-refractivity contribution in [3.63, 3.8) is 0 Å². The molecule has 26 heavy (non-hydrogen) atoms. The third-order valence-corrected chi connectivity index (χ3v) is 5.76. The number of halogens is 1. The summed E-state index contributed by atoms with van der Waals surface area (Å²) in [5, 5.41) is -0.964. The molecule has 2 aromatic carbocycles. The second-order valence-corrected chi connectivity index (χ2v) is 7.79. The number of methoxy groups -OCH3 is 2. The highest BCUT2D eigenvalue weighted by Gasteiger charge is 2.33. The predicted octanol–water partition coefficient (Wildman–Crippen LogP) is 2.80. The van der Waals surface area contributed by atoms with Crippen LogP contribution in [0.5, 0.6) is 5.75 Å². The number of hydrogen-bond donors (Lipinski definition) is 1. The predicted molar refractivity (Wildman–Crippen MR) is 98.9 cm³/mol. The van der Waals surface area contributed by atoms with Crippen LogP contribution < -0.4 is 9.46 Å². The number of aryl methyl sites for hydroxylation is 1. The van der Waals surface area contributed by atoms with Gasteiger partial charge in [-0.2, -0.15) is 4.72 Å². The molecule has 0 aliphatic carbocycles. The van der Waals surface area contributed by atoms with Crippen LogP contribution in [-0.4, -0.2) is 34.6 Å². The number of carbonyl (C=O) groups excluding carboxylic acids is 1. The summed E-state index contributed by atoms with van der Waals surface area (Å²) < 4.78 is 37.4. The van der Waals surface area contributed by atoms with E-state index in [4.69, 9.17) is 21.1 Å². The molecule has 0 unspecified atom stereocenters. The molecule has 0 amide bonds. The van der Waals surface area contributed by atoms with E-state index in [-0.39, 0.29) is 4.90 Å². The highest BCUT2D eigenvalue weighted by atomic mass is 35.5. The molecule has 0 bridgehead atoms. The van der Waals surface area contributed by atoms with Gasteiger partial charge in [0.25, 0.3) is 0 Å². The number of carbonyl (C=O) groups is 1. The molecule has 8 heteroatoms. The van der Waals surface area contributed by atoms with Crippen LogP contribution in [0.3, 0.4) is 0 Å². The molecule has 2 rings (SSSR count). The Kier molecular flexibility index (Phi) is 6.63. The van der Waals surface area contributed by atoms with E-state index in [0.717, 1.165) is 5.56 Å². The standard InChI is InChI=1S/C18H20ClNO5S/c1-12-4-10-15(11-5-12)26(22,23)20-17(18(21)25-3)16(19)13-6-8-14(24-2)9-7-13/h4-11,16-17,20H,1-3H3/t16-,17-/m1/s1. The third kappa shape index (κ3) is 4.75. The molecule has 0 spiro atoms. The summed E-state index contributed by atoms with van der Waals surface area (Å²) in [4.78, 5) is 12.2. The summed E-state index contributed by atoms with van der Waals surface area (Å²) in [7, 11) is -1.26. The molecule has 0 saturated carbocycles. The van der Waals surface area contributed by atoms with E-state index in [0.29, 0.717) is 11.3 Å². The lowest BCUT2D eigenvalue weighted by atomic mass is 10.1. The number of hydrogen-bond acceptors (Lipinski definition) is 5. The summed E-state index contributed by atoms with van der Waals surface area (Å²) in [6, 6.07) is 11.6. The van der Waals surface area contributed by atoms with E-state index in [9.17, 15) is 13.2 Å². The molecule has 0 heterocycles. The average Bonchev–Trinajstić information content (AvgIpc) is 2.65. The van der Waals surface area contributed by atoms with Gasteiger partial charge in [-0.25, -0.2) is 8.42 Å². The molecule has 2 aromatic rings. The average molecular weight is 398 g/mol. The van der Waals surface area contributed by atoms with E-state index < -0.39 is 27.4 Å². The molecule has 0 saturated heterocycles. The second-order valence-electron chi connectivity index (χ2n) is 5.61. The van der Waals surface area contributed by atoms with Gasteiger partial charge in [0.05, 0.1) is 24.5 Å². The van der Waals surface area contributed by atoms with Crippen LogP contribution in [0.1, 0.15) is 16.5 Å². The number of sulfonamides is 1. The first-order chi connectivity index (χ1) is 12.3. The number of nitrogens with one attached hydrogen (secondary N) is 1. The summed E-state index contributed by atoms with van der Waals surface area (Å²) >= 11 is 6.39. The van der Waals surface area contributed by atoms with Gasteiger partial charge >= 0.3 is 5.97 Å². The first-order valence-corrected chi connectivity index (χ1v) is 9.65. The Morgan fingerprint density at radius 1 is 1.04 bits per heavy atom. The van der Waals surface area contributed by atoms with Crippen molar-refractivity contribution in [1.82, 2.24) is 4.72 Å². The molecule has 0 aliphatic heterocycles. The quantitative estimate of drug-likeness (QED) is 0.574. The Morgan fingerprint density at radius 3 is 2.12 bits per heavy atom. The highest BCUT2D eigenvalue weighted by Crippen LogP contribution is 2.28. The Bertz CT molecular complexity index is 850. The van der Waals surface area contributed by atoms with Crippen LogP contribution in [0.4, 0.5) is 0 Å². The Labute approximate surface area is 158 Å². The minimum Gasteiger partial charge on any atom is -0.497 e. The Balaban J connectivity index is 2.31. The van der Waals surface area contributed by atoms with Crippen molar-refractivity contribution in [1.29, 1.82) is 0 Å². The van der Waals surface area contributed by atoms with E-state index in [1.165, 1.54) is 26.4 Å². The SMILES string of the molecule is COC(=O)[C@H](NS(=O)(=O)c1ccc(C)cc1)[C@H](Cl)c1ccc(OC)cc1. The zero-order valence-corrected chi connectivity index (χ0v) is 16.2. The number of benzene rings is 2. The van der Waals surface area contributed by atoms with E-state index in [1.54, 1.807) is 36.4 Å². The van der Waals surface area contributed by atoms with Crippen LogP contribution in [0.2, 0.25) is 0 Å². The molecule has 0 aliphatic rings. The van der Waals surface area contributed by atoms with Gasteiger partial charge in [-0.3, -0.25) is 4.79 Å². The van der Waals surface area contributed by atoms with Crippen LogP contribution >= 0.6 is 11.6 Å². The van der Waals surface area contributed by atoms with Crippen molar-refractivity contribution < 1.29 is 22.7 Å². The van der Waals surface area contributed by atoms with Crippen molar-refractivity contribution in [2.24, 2.45) is 0 Å². The van der Waals surface area contributed by atoms with Crippen LogP contribution in [0.15, 0.2) is 53.4 Å². The largest absolute Gasteiger partial charge is 0.497 e. The molecular formula is C18H20ClNO5S. The summed E-state index contributed by atoms with van der Waals surface area (Å²) in [6.45, 7) is 1.85. The Morgan fingerprint density at radius 2 is 1.62 bits per heavy atom. The van der Waals surface area contributed by atoms with Gasteiger partial charge in [0.2, 0.25) is 10.0 Å². The van der Waals surface area contributed by atoms with E-state index in [1.807, 2.05) is 6.92 Å². The van der Waals surface area contributed by atoms with E-state index >= 15 is 0 Å². The fourth-order valence-corrected chi connectivity index (χ4v) is 3.87. The maximum Gasteiger partial charge on any atom is 0.325 e. The lowest BCUT2D eigenvalue weighted by Crippen LogP contribution is -2.44. The van der Waals surface area contributed by atoms with Gasteiger partial charge in [0.1, 0.15) is 11.8 Å². The zero-order chi connectivity index (χ0) is 19.3. The van der Waals surface area contributed by atoms with Crippen molar-refractivity contribution >= 4 is 27.6 Å². The zero-order valence-electron chi connectivity index (χ0n) is 14.6. The molecule has 6 nitrogen and oxygen atoms in total.